The van der Waals surface area contributed by atoms with Gasteiger partial charge in [0.2, 0.25) is 65.0 Å². The van der Waals surface area contributed by atoms with Crippen molar-refractivity contribution in [3.05, 3.63) is 71.8 Å². The maximum atomic E-state index is 14.6. The summed E-state index contributed by atoms with van der Waals surface area (Å²) in [5.74, 6) is -9.66. The van der Waals surface area contributed by atoms with Gasteiger partial charge in [-0.05, 0) is 56.2 Å². The molecule has 4 rings (SSSR count). The summed E-state index contributed by atoms with van der Waals surface area (Å²) in [6.45, 7) is -0.121. The number of unbranched alkanes of at least 4 members (excludes halogenated alkanes) is 1. The quantitative estimate of drug-likeness (QED) is 0.0471. The Morgan fingerprint density at radius 1 is 0.667 bits per heavy atom. The molecule has 2 aliphatic heterocycles. The van der Waals surface area contributed by atoms with Crippen LogP contribution in [0.15, 0.2) is 60.7 Å². The average molecular weight is 1040 g/mol. The third-order valence-corrected chi connectivity index (χ3v) is 14.0. The van der Waals surface area contributed by atoms with Gasteiger partial charge < -0.3 is 70.8 Å². The fourth-order valence-corrected chi connectivity index (χ4v) is 10.0. The molecule has 392 valence electrons. The third kappa shape index (κ3) is 19.1. The maximum absolute atomic E-state index is 14.6. The van der Waals surface area contributed by atoms with Crippen molar-refractivity contribution in [3.63, 3.8) is 0 Å². The van der Waals surface area contributed by atoms with E-state index in [1.54, 1.807) is 60.7 Å². The lowest BCUT2D eigenvalue weighted by molar-refractivity contribution is -0.142. The summed E-state index contributed by atoms with van der Waals surface area (Å²) in [7, 11) is 2.07. The summed E-state index contributed by atoms with van der Waals surface area (Å²) < 4.78 is 0. The predicted octanol–water partition coefficient (Wildman–Crippen LogP) is -4.03. The molecule has 0 spiro atoms. The Labute approximate surface area is 424 Å². The summed E-state index contributed by atoms with van der Waals surface area (Å²) in [4.78, 5) is 149. The minimum atomic E-state index is -1.76. The van der Waals surface area contributed by atoms with Gasteiger partial charge in [0, 0.05) is 37.3 Å². The van der Waals surface area contributed by atoms with Crippen LogP contribution in [0.5, 0.6) is 0 Å². The number of rotatable bonds is 19. The number of hydrogen-bond donors (Lipinski definition) is 12. The van der Waals surface area contributed by atoms with Crippen LogP contribution in [-0.2, 0) is 65.6 Å². The Bertz CT molecular complexity index is 2250. The van der Waals surface area contributed by atoms with Gasteiger partial charge in [0.1, 0.15) is 42.3 Å². The maximum Gasteiger partial charge on any atom is 0.246 e. The normalized spacial score (nSPS) is 23.2. The van der Waals surface area contributed by atoms with Crippen LogP contribution in [-0.4, -0.2) is 149 Å². The van der Waals surface area contributed by atoms with Gasteiger partial charge in [-0.3, -0.25) is 52.7 Å². The highest BCUT2D eigenvalue weighted by Gasteiger charge is 2.40. The van der Waals surface area contributed by atoms with Gasteiger partial charge in [-0.15, -0.1) is 0 Å². The van der Waals surface area contributed by atoms with Crippen molar-refractivity contribution in [3.8, 4) is 0 Å². The predicted molar refractivity (Wildman–Crippen MR) is 267 cm³/mol. The lowest BCUT2D eigenvalue weighted by Gasteiger charge is -2.31. The number of hydrogen-bond acceptors (Lipinski definition) is 15. The monoisotopic (exact) mass is 1040 g/mol. The fraction of sp³-hybridized carbons (Fsp3) is 0.500. The van der Waals surface area contributed by atoms with Crippen LogP contribution in [0.25, 0.3) is 0 Å². The molecule has 0 saturated carbocycles. The van der Waals surface area contributed by atoms with Crippen LogP contribution >= 0.6 is 21.6 Å². The Kier molecular flexibility index (Phi) is 23.7. The third-order valence-electron chi connectivity index (χ3n) is 11.6. The minimum Gasteiger partial charge on any atom is -0.370 e. The van der Waals surface area contributed by atoms with Gasteiger partial charge >= 0.3 is 0 Å². The van der Waals surface area contributed by atoms with Crippen LogP contribution in [0.4, 0.5) is 0 Å². The molecule has 2 heterocycles. The molecule has 72 heavy (non-hydrogen) atoms. The molecule has 0 bridgehead atoms. The van der Waals surface area contributed by atoms with Crippen molar-refractivity contribution < 1.29 is 52.7 Å². The first-order chi connectivity index (χ1) is 34.4. The van der Waals surface area contributed by atoms with E-state index in [0.29, 0.717) is 36.9 Å². The van der Waals surface area contributed by atoms with Gasteiger partial charge in [0.05, 0.1) is 19.0 Å². The topological polar surface area (TPSA) is 405 Å². The summed E-state index contributed by atoms with van der Waals surface area (Å²) in [5.41, 5.74) is 29.4. The molecule has 8 atom stereocenters. The van der Waals surface area contributed by atoms with Gasteiger partial charge in [0.15, 0.2) is 0 Å². The number of carbonyl (C=O) groups is 11. The van der Waals surface area contributed by atoms with Gasteiger partial charge in [-0.25, -0.2) is 0 Å². The number of primary amides is 3. The first-order valence-corrected chi connectivity index (χ1v) is 25.9. The van der Waals surface area contributed by atoms with Crippen LogP contribution in [0.1, 0.15) is 62.5 Å². The molecule has 0 aliphatic carbocycles. The first-order valence-electron chi connectivity index (χ1n) is 23.4. The molecule has 2 fully saturated rings. The number of nitrogens with zero attached hydrogens (tertiary/aromatic N) is 1. The van der Waals surface area contributed by atoms with Crippen LogP contribution < -0.4 is 65.9 Å². The molecule has 2 aromatic carbocycles. The van der Waals surface area contributed by atoms with E-state index in [1.807, 2.05) is 0 Å². The second-order valence-corrected chi connectivity index (χ2v) is 19.8. The van der Waals surface area contributed by atoms with Gasteiger partial charge in [-0.1, -0.05) is 82.3 Å². The Morgan fingerprint density at radius 3 is 1.78 bits per heavy atom. The molecule has 17 N–H and O–H groups in total. The standard InChI is InChI=1S/C46H65N13O11S2/c47-18-8-7-14-29(40(64)52-23-38(51)62)54-45(69)35-15-9-19-59(35)46(70)34-25-72-71-24-28(48)39(63)55-31(20-26-10-3-1-4-11-26)43(67)56-32(21-27-12-5-2-6-13-27)42(66)53-30(16-17-36(49)60)41(65)57-33(22-37(50)61)44(68)58-34/h1-6,10-13,28-35H,7-9,14-25,47-48H2,(H2,49,60)(H2,50,61)(H2,51,62)(H,52,64)(H,53,66)(H,54,69)(H,55,63)(H,56,67)(H,57,65)(H,58,68)/t28-,29+,30-,31-,32-,33-,34-,35-/m0/s1. The highest BCUT2D eigenvalue weighted by atomic mass is 33.1. The number of likely N-dealkylation sites (tertiary alicyclic amines) is 1. The first kappa shape index (κ1) is 57.8. The number of amides is 11. The van der Waals surface area contributed by atoms with E-state index in [0.717, 1.165) is 21.6 Å². The minimum absolute atomic E-state index is 0.0198. The van der Waals surface area contributed by atoms with E-state index in [2.05, 4.69) is 37.2 Å². The average Bonchev–Trinajstić information content (AvgIpc) is 3.84. The molecule has 26 heteroatoms. The number of carbonyl (C=O) groups excluding carboxylic acids is 11. The Morgan fingerprint density at radius 2 is 1.21 bits per heavy atom. The zero-order valence-corrected chi connectivity index (χ0v) is 41.3. The molecular formula is C46H65N13O11S2. The van der Waals surface area contributed by atoms with Crippen molar-refractivity contribution in [2.75, 3.05) is 31.1 Å². The number of nitrogens with one attached hydrogen (secondary N) is 7. The Hall–Kier alpha value is -6.77. The summed E-state index contributed by atoms with van der Waals surface area (Å²) in [6.07, 6.45) is -0.141. The molecule has 2 aliphatic rings. The summed E-state index contributed by atoms with van der Waals surface area (Å²) in [6, 6.07) is 6.36. The SMILES string of the molecule is NCCCC[C@@H](NC(=O)[C@@H]1CCCN1C(=O)[C@@H]1CSSC[C@H](N)C(=O)N[C@@H](Cc2ccccc2)C(=O)N[C@@H](Cc2ccccc2)C(=O)N[C@@H](CCC(N)=O)C(=O)N[C@@H](CC(N)=O)C(=O)N1)C(=O)NCC(N)=O. The molecule has 11 amide bonds. The van der Waals surface area contributed by atoms with Crippen LogP contribution in [0, 0.1) is 0 Å². The van der Waals surface area contributed by atoms with E-state index in [4.69, 9.17) is 28.7 Å². The van der Waals surface area contributed by atoms with Crippen molar-refractivity contribution in [1.29, 1.82) is 0 Å². The van der Waals surface area contributed by atoms with Crippen molar-refractivity contribution in [1.82, 2.24) is 42.1 Å². The number of nitrogens with two attached hydrogens (primary N) is 5. The zero-order valence-electron chi connectivity index (χ0n) is 39.6. The molecule has 0 radical (unpaired) electrons. The van der Waals surface area contributed by atoms with Crippen molar-refractivity contribution >= 4 is 86.6 Å². The molecular weight excluding hydrogens is 975 g/mol. The molecule has 0 aromatic heterocycles. The highest BCUT2D eigenvalue weighted by molar-refractivity contribution is 8.76. The lowest BCUT2D eigenvalue weighted by Crippen LogP contribution is -2.61. The smallest absolute Gasteiger partial charge is 0.246 e. The van der Waals surface area contributed by atoms with E-state index in [1.165, 1.54) is 4.90 Å². The second-order valence-electron chi connectivity index (χ2n) is 17.3. The van der Waals surface area contributed by atoms with Crippen LogP contribution in [0.2, 0.25) is 0 Å². The Balaban J connectivity index is 1.70. The zero-order chi connectivity index (χ0) is 52.7. The molecule has 2 aromatic rings. The molecule has 24 nitrogen and oxygen atoms in total. The van der Waals surface area contributed by atoms with Gasteiger partial charge in [-0.2, -0.15) is 0 Å². The lowest BCUT2D eigenvalue weighted by atomic mass is 10.0. The molecule has 0 unspecified atom stereocenters. The van der Waals surface area contributed by atoms with E-state index < -0.39 is 139 Å². The molecule has 2 saturated heterocycles. The largest absolute Gasteiger partial charge is 0.370 e. The van der Waals surface area contributed by atoms with Crippen LogP contribution in [0.3, 0.4) is 0 Å². The van der Waals surface area contributed by atoms with E-state index in [9.17, 15) is 52.7 Å². The summed E-state index contributed by atoms with van der Waals surface area (Å²) in [5, 5.41) is 18.0. The summed E-state index contributed by atoms with van der Waals surface area (Å²) >= 11 is 0. The second kappa shape index (κ2) is 29.5. The highest BCUT2D eigenvalue weighted by Crippen LogP contribution is 2.26. The number of benzene rings is 2. The van der Waals surface area contributed by atoms with E-state index in [-0.39, 0.29) is 43.7 Å². The fourth-order valence-electron chi connectivity index (χ4n) is 7.77. The van der Waals surface area contributed by atoms with E-state index >= 15 is 0 Å². The van der Waals surface area contributed by atoms with Crippen molar-refractivity contribution in [2.24, 2.45) is 28.7 Å². The van der Waals surface area contributed by atoms with Crippen molar-refractivity contribution in [2.45, 2.75) is 113 Å². The van der Waals surface area contributed by atoms with Gasteiger partial charge in [0.25, 0.3) is 0 Å².